The van der Waals surface area contributed by atoms with Crippen molar-refractivity contribution in [3.63, 3.8) is 0 Å². The van der Waals surface area contributed by atoms with E-state index in [-0.39, 0.29) is 11.9 Å². The molecule has 0 spiro atoms. The number of para-hydroxylation sites is 2. The predicted molar refractivity (Wildman–Crippen MR) is 83.6 cm³/mol. The lowest BCUT2D eigenvalue weighted by Gasteiger charge is -2.10. The Morgan fingerprint density at radius 3 is 2.71 bits per heavy atom. The highest BCUT2D eigenvalue weighted by Gasteiger charge is 2.18. The van der Waals surface area contributed by atoms with Gasteiger partial charge in [-0.15, -0.1) is 11.3 Å². The van der Waals surface area contributed by atoms with Crippen LogP contribution >= 0.6 is 11.3 Å². The molecule has 0 saturated heterocycles. The monoisotopic (exact) mass is 300 g/mol. The highest BCUT2D eigenvalue weighted by Crippen LogP contribution is 2.19. The van der Waals surface area contributed by atoms with E-state index in [0.29, 0.717) is 5.69 Å². The van der Waals surface area contributed by atoms with E-state index >= 15 is 0 Å². The van der Waals surface area contributed by atoms with E-state index in [9.17, 15) is 4.79 Å². The van der Waals surface area contributed by atoms with E-state index in [0.717, 1.165) is 26.7 Å². The number of carbonyl (C=O) groups is 1. The van der Waals surface area contributed by atoms with Crippen molar-refractivity contribution in [2.24, 2.45) is 0 Å². The Labute approximate surface area is 126 Å². The van der Waals surface area contributed by atoms with Gasteiger partial charge in [0.25, 0.3) is 5.91 Å². The number of fused-ring (bicyclic) bond motifs is 1. The third-order valence-electron chi connectivity index (χ3n) is 3.28. The second-order valence-corrected chi connectivity index (χ2v) is 6.38. The van der Waals surface area contributed by atoms with Crippen molar-refractivity contribution < 1.29 is 4.79 Å². The number of nitrogens with one attached hydrogen (secondary N) is 2. The average molecular weight is 300 g/mol. The Balaban J connectivity index is 1.81. The van der Waals surface area contributed by atoms with E-state index in [4.69, 9.17) is 0 Å². The van der Waals surface area contributed by atoms with E-state index in [1.54, 1.807) is 0 Å². The highest BCUT2D eigenvalue weighted by atomic mass is 32.1. The molecule has 2 N–H and O–H groups in total. The summed E-state index contributed by atoms with van der Waals surface area (Å²) in [6, 6.07) is 7.60. The number of rotatable bonds is 3. The summed E-state index contributed by atoms with van der Waals surface area (Å²) in [5, 5.41) is 3.84. The van der Waals surface area contributed by atoms with Gasteiger partial charge in [-0.3, -0.25) is 4.79 Å². The number of benzene rings is 1. The van der Waals surface area contributed by atoms with E-state index in [1.165, 1.54) is 11.3 Å². The second kappa shape index (κ2) is 5.29. The molecular formula is C15H16N4OS. The van der Waals surface area contributed by atoms with Crippen LogP contribution in [0.2, 0.25) is 0 Å². The average Bonchev–Trinajstić information content (AvgIpc) is 3.01. The molecule has 6 heteroatoms. The van der Waals surface area contributed by atoms with Crippen molar-refractivity contribution in [3.05, 3.63) is 45.7 Å². The summed E-state index contributed by atoms with van der Waals surface area (Å²) in [5.41, 5.74) is 2.36. The number of aromatic amines is 1. The summed E-state index contributed by atoms with van der Waals surface area (Å²) in [4.78, 5) is 25.2. The van der Waals surface area contributed by atoms with Crippen LogP contribution < -0.4 is 5.32 Å². The van der Waals surface area contributed by atoms with Crippen LogP contribution in [0.25, 0.3) is 11.0 Å². The summed E-state index contributed by atoms with van der Waals surface area (Å²) in [5.74, 6) is 0.582. The van der Waals surface area contributed by atoms with Gasteiger partial charge < -0.3 is 10.3 Å². The summed E-state index contributed by atoms with van der Waals surface area (Å²) in [6.07, 6.45) is 0. The van der Waals surface area contributed by atoms with Crippen LogP contribution in [0.5, 0.6) is 0 Å². The van der Waals surface area contributed by atoms with E-state index in [1.807, 2.05) is 45.0 Å². The molecule has 0 bridgehead atoms. The normalized spacial score (nSPS) is 12.5. The number of aromatic nitrogens is 3. The molecule has 2 aromatic heterocycles. The molecule has 3 aromatic rings. The molecule has 1 amide bonds. The maximum atomic E-state index is 12.3. The van der Waals surface area contributed by atoms with Gasteiger partial charge in [0.15, 0.2) is 0 Å². The number of amides is 1. The number of aryl methyl sites for hydroxylation is 2. The van der Waals surface area contributed by atoms with Crippen molar-refractivity contribution >= 4 is 28.3 Å². The van der Waals surface area contributed by atoms with Gasteiger partial charge >= 0.3 is 0 Å². The van der Waals surface area contributed by atoms with Crippen LogP contribution in [-0.4, -0.2) is 20.9 Å². The molecular weight excluding hydrogens is 284 g/mol. The minimum atomic E-state index is -0.202. The van der Waals surface area contributed by atoms with Gasteiger partial charge in [0, 0.05) is 4.88 Å². The Morgan fingerprint density at radius 1 is 1.29 bits per heavy atom. The molecule has 0 radical (unpaired) electrons. The molecule has 0 aliphatic heterocycles. The van der Waals surface area contributed by atoms with Crippen molar-refractivity contribution in [3.8, 4) is 0 Å². The number of hydrogen-bond donors (Lipinski definition) is 2. The smallest absolute Gasteiger partial charge is 0.271 e. The first-order chi connectivity index (χ1) is 10.0. The van der Waals surface area contributed by atoms with Gasteiger partial charge in [0.05, 0.1) is 22.1 Å². The summed E-state index contributed by atoms with van der Waals surface area (Å²) in [7, 11) is 0. The number of nitrogens with zero attached hydrogens (tertiary/aromatic N) is 2. The van der Waals surface area contributed by atoms with Crippen molar-refractivity contribution in [1.82, 2.24) is 20.3 Å². The van der Waals surface area contributed by atoms with Gasteiger partial charge in [-0.2, -0.15) is 0 Å². The molecule has 0 saturated carbocycles. The number of imidazole rings is 1. The lowest BCUT2D eigenvalue weighted by atomic mass is 10.3. The van der Waals surface area contributed by atoms with Crippen LogP contribution in [0.3, 0.4) is 0 Å². The van der Waals surface area contributed by atoms with Crippen molar-refractivity contribution in [1.29, 1.82) is 0 Å². The van der Waals surface area contributed by atoms with Crippen molar-refractivity contribution in [2.45, 2.75) is 26.8 Å². The third kappa shape index (κ3) is 2.67. The fraction of sp³-hybridized carbons (Fsp3) is 0.267. The van der Waals surface area contributed by atoms with Gasteiger partial charge in [-0.25, -0.2) is 9.97 Å². The molecule has 0 aliphatic rings. The van der Waals surface area contributed by atoms with E-state index in [2.05, 4.69) is 20.3 Å². The standard InChI is InChI=1S/C15H16N4OS/c1-8(14-18-11-6-4-5-7-12(11)19-14)16-15(20)13-9(2)21-10(3)17-13/h4-8H,1-3H3,(H,16,20)(H,18,19)/t8-/m0/s1. The van der Waals surface area contributed by atoms with Crippen LogP contribution in [0.4, 0.5) is 0 Å². The van der Waals surface area contributed by atoms with Gasteiger partial charge in [0.1, 0.15) is 11.5 Å². The zero-order valence-corrected chi connectivity index (χ0v) is 12.9. The Bertz CT molecular complexity index is 772. The summed E-state index contributed by atoms with van der Waals surface area (Å²) < 4.78 is 0. The lowest BCUT2D eigenvalue weighted by Crippen LogP contribution is -2.28. The number of H-pyrrole nitrogens is 1. The van der Waals surface area contributed by atoms with E-state index < -0.39 is 0 Å². The number of carbonyl (C=O) groups excluding carboxylic acids is 1. The minimum Gasteiger partial charge on any atom is -0.341 e. The largest absolute Gasteiger partial charge is 0.341 e. The predicted octanol–water partition coefficient (Wildman–Crippen LogP) is 3.13. The van der Waals surface area contributed by atoms with Gasteiger partial charge in [0.2, 0.25) is 0 Å². The molecule has 2 heterocycles. The summed E-state index contributed by atoms with van der Waals surface area (Å²) in [6.45, 7) is 5.72. The summed E-state index contributed by atoms with van der Waals surface area (Å²) >= 11 is 1.53. The molecule has 0 aliphatic carbocycles. The quantitative estimate of drug-likeness (QED) is 0.780. The first-order valence-corrected chi connectivity index (χ1v) is 7.56. The highest BCUT2D eigenvalue weighted by molar-refractivity contribution is 7.11. The molecule has 3 rings (SSSR count). The van der Waals surface area contributed by atoms with Crippen LogP contribution in [-0.2, 0) is 0 Å². The Morgan fingerprint density at radius 2 is 2.05 bits per heavy atom. The SMILES string of the molecule is Cc1nc(C(=O)N[C@@H](C)c2nc3ccccc3[nH]2)c(C)s1. The molecule has 5 nitrogen and oxygen atoms in total. The topological polar surface area (TPSA) is 70.7 Å². The zero-order chi connectivity index (χ0) is 15.0. The fourth-order valence-corrected chi connectivity index (χ4v) is 3.07. The number of thiazole rings is 1. The molecule has 1 aromatic carbocycles. The lowest BCUT2D eigenvalue weighted by molar-refractivity contribution is 0.0933. The van der Waals surface area contributed by atoms with Crippen LogP contribution in [0.15, 0.2) is 24.3 Å². The maximum Gasteiger partial charge on any atom is 0.271 e. The van der Waals surface area contributed by atoms with Crippen LogP contribution in [0.1, 0.15) is 39.2 Å². The van der Waals surface area contributed by atoms with Gasteiger partial charge in [-0.05, 0) is 32.9 Å². The Kier molecular flexibility index (Phi) is 3.47. The molecule has 0 fully saturated rings. The van der Waals surface area contributed by atoms with Gasteiger partial charge in [-0.1, -0.05) is 12.1 Å². The third-order valence-corrected chi connectivity index (χ3v) is 4.17. The first kappa shape index (κ1) is 13.8. The fourth-order valence-electron chi connectivity index (χ4n) is 2.25. The minimum absolute atomic E-state index is 0.162. The van der Waals surface area contributed by atoms with Crippen LogP contribution in [0, 0.1) is 13.8 Å². The number of hydrogen-bond acceptors (Lipinski definition) is 4. The Hall–Kier alpha value is -2.21. The molecule has 21 heavy (non-hydrogen) atoms. The zero-order valence-electron chi connectivity index (χ0n) is 12.1. The molecule has 1 atom stereocenters. The second-order valence-electron chi connectivity index (χ2n) is 4.97. The maximum absolute atomic E-state index is 12.3. The first-order valence-electron chi connectivity index (χ1n) is 6.74. The molecule has 108 valence electrons. The molecule has 0 unspecified atom stereocenters. The van der Waals surface area contributed by atoms with Crippen molar-refractivity contribution in [2.75, 3.05) is 0 Å².